The number of rotatable bonds is 10. The highest BCUT2D eigenvalue weighted by Crippen LogP contribution is 2.10. The van der Waals surface area contributed by atoms with Crippen molar-refractivity contribution < 1.29 is 13.2 Å². The normalized spacial score (nSPS) is 12.1. The van der Waals surface area contributed by atoms with Crippen molar-refractivity contribution in [3.8, 4) is 0 Å². The van der Waals surface area contributed by atoms with E-state index in [0.717, 1.165) is 0 Å². The summed E-state index contributed by atoms with van der Waals surface area (Å²) in [6, 6.07) is 10.1. The highest BCUT2D eigenvalue weighted by Gasteiger charge is 2.05. The Bertz CT molecular complexity index is 819. The van der Waals surface area contributed by atoms with Gasteiger partial charge in [0.25, 0.3) is 0 Å². The topological polar surface area (TPSA) is 97.6 Å². The summed E-state index contributed by atoms with van der Waals surface area (Å²) in [4.78, 5) is 4.19. The molecule has 0 unspecified atom stereocenters. The number of ether oxygens (including phenoxy) is 1. The molecule has 148 valence electrons. The third-order valence-electron chi connectivity index (χ3n) is 3.82. The summed E-state index contributed by atoms with van der Waals surface area (Å²) in [6.07, 6.45) is 4.91. The van der Waals surface area contributed by atoms with Gasteiger partial charge in [-0.15, -0.1) is 0 Å². The molecule has 0 aliphatic heterocycles. The first kappa shape index (κ1) is 20.9. The monoisotopic (exact) mass is 393 g/mol. The Balaban J connectivity index is 1.76. The second kappa shape index (κ2) is 10.7. The fraction of sp³-hybridized carbons (Fsp3) is 0.444. The Kier molecular flexibility index (Phi) is 8.28. The lowest BCUT2D eigenvalue weighted by Crippen LogP contribution is -2.38. The van der Waals surface area contributed by atoms with Gasteiger partial charge in [0.05, 0.1) is 25.5 Å². The molecule has 9 heteroatoms. The van der Waals surface area contributed by atoms with Crippen LogP contribution in [-0.2, 0) is 27.7 Å². The van der Waals surface area contributed by atoms with Gasteiger partial charge in [0.2, 0.25) is 0 Å². The first-order valence-electron chi connectivity index (χ1n) is 8.72. The largest absolute Gasteiger partial charge is 0.379 e. The summed E-state index contributed by atoms with van der Waals surface area (Å²) in [5.74, 6) is 0.697. The zero-order valence-corrected chi connectivity index (χ0v) is 16.6. The molecule has 2 rings (SSSR count). The number of hydrogen-bond acceptors (Lipinski definition) is 5. The molecule has 1 aromatic carbocycles. The quantitative estimate of drug-likeness (QED) is 0.350. The van der Waals surface area contributed by atoms with Crippen molar-refractivity contribution in [2.75, 3.05) is 38.8 Å². The molecule has 0 radical (unpaired) electrons. The second-order valence-corrected chi connectivity index (χ2v) is 8.33. The summed E-state index contributed by atoms with van der Waals surface area (Å²) in [5.41, 5.74) is 2.36. The van der Waals surface area contributed by atoms with E-state index in [9.17, 15) is 8.42 Å². The summed E-state index contributed by atoms with van der Waals surface area (Å²) >= 11 is 0. The summed E-state index contributed by atoms with van der Waals surface area (Å²) in [5, 5.41) is 10.7. The van der Waals surface area contributed by atoms with Gasteiger partial charge in [-0.2, -0.15) is 5.10 Å². The number of benzene rings is 1. The van der Waals surface area contributed by atoms with Gasteiger partial charge in [-0.1, -0.05) is 24.3 Å². The maximum absolute atomic E-state index is 11.0. The van der Waals surface area contributed by atoms with Crippen LogP contribution < -0.4 is 10.6 Å². The molecule has 0 saturated carbocycles. The average molecular weight is 394 g/mol. The molecule has 1 aromatic heterocycles. The number of hydrogen-bond donors (Lipinski definition) is 2. The number of guanidine groups is 1. The molecule has 0 aliphatic carbocycles. The number of aliphatic imine (C=N–C) groups is 1. The lowest BCUT2D eigenvalue weighted by Gasteiger charge is -2.14. The van der Waals surface area contributed by atoms with Gasteiger partial charge in [0, 0.05) is 38.8 Å². The van der Waals surface area contributed by atoms with E-state index in [4.69, 9.17) is 4.74 Å². The number of nitrogens with one attached hydrogen (secondary N) is 2. The van der Waals surface area contributed by atoms with Crippen LogP contribution in [0.3, 0.4) is 0 Å². The van der Waals surface area contributed by atoms with Crippen LogP contribution >= 0.6 is 0 Å². The SMILES string of the molecule is CN=C(NCCOCCS(C)(=O)=O)NCc1ccccc1Cn1cccn1. The molecular formula is C18H27N5O3S. The van der Waals surface area contributed by atoms with Gasteiger partial charge in [0.15, 0.2) is 5.96 Å². The highest BCUT2D eigenvalue weighted by atomic mass is 32.2. The van der Waals surface area contributed by atoms with Crippen LogP contribution in [0.4, 0.5) is 0 Å². The van der Waals surface area contributed by atoms with Crippen molar-refractivity contribution in [1.82, 2.24) is 20.4 Å². The van der Waals surface area contributed by atoms with Crippen LogP contribution in [0.25, 0.3) is 0 Å². The molecule has 2 aromatic rings. The first-order valence-corrected chi connectivity index (χ1v) is 10.8. The van der Waals surface area contributed by atoms with E-state index in [2.05, 4.69) is 32.9 Å². The lowest BCUT2D eigenvalue weighted by atomic mass is 10.1. The Morgan fingerprint density at radius 1 is 1.19 bits per heavy atom. The third kappa shape index (κ3) is 8.23. The zero-order valence-electron chi connectivity index (χ0n) is 15.8. The van der Waals surface area contributed by atoms with E-state index in [1.807, 2.05) is 29.1 Å². The lowest BCUT2D eigenvalue weighted by molar-refractivity contribution is 0.154. The van der Waals surface area contributed by atoms with Crippen molar-refractivity contribution in [3.05, 3.63) is 53.9 Å². The fourth-order valence-corrected chi connectivity index (χ4v) is 2.83. The minimum absolute atomic E-state index is 0.0347. The molecule has 0 saturated heterocycles. The van der Waals surface area contributed by atoms with Gasteiger partial charge in [-0.05, 0) is 17.2 Å². The van der Waals surface area contributed by atoms with Crippen molar-refractivity contribution in [3.63, 3.8) is 0 Å². The van der Waals surface area contributed by atoms with E-state index < -0.39 is 9.84 Å². The summed E-state index contributed by atoms with van der Waals surface area (Å²) in [6.45, 7) is 2.49. The minimum Gasteiger partial charge on any atom is -0.379 e. The van der Waals surface area contributed by atoms with Crippen LogP contribution in [-0.4, -0.2) is 63.0 Å². The Hall–Kier alpha value is -2.39. The Labute approximate surface area is 160 Å². The third-order valence-corrected chi connectivity index (χ3v) is 4.73. The smallest absolute Gasteiger partial charge is 0.191 e. The maximum Gasteiger partial charge on any atom is 0.191 e. The molecular weight excluding hydrogens is 366 g/mol. The van der Waals surface area contributed by atoms with Gasteiger partial charge >= 0.3 is 0 Å². The van der Waals surface area contributed by atoms with Crippen LogP contribution in [0.5, 0.6) is 0 Å². The molecule has 0 fully saturated rings. The molecule has 0 bridgehead atoms. The standard InChI is InChI=1S/C18H27N5O3S/c1-19-18(20-9-11-26-12-13-27(2,24)25)21-14-16-6-3-4-7-17(16)15-23-10-5-8-22-23/h3-8,10H,9,11-15H2,1-2H3,(H2,19,20,21). The minimum atomic E-state index is -2.98. The molecule has 0 aliphatic rings. The van der Waals surface area contributed by atoms with Crippen LogP contribution in [0.1, 0.15) is 11.1 Å². The van der Waals surface area contributed by atoms with Crippen molar-refractivity contribution in [2.24, 2.45) is 4.99 Å². The number of sulfone groups is 1. The van der Waals surface area contributed by atoms with Crippen LogP contribution in [0.15, 0.2) is 47.7 Å². The maximum atomic E-state index is 11.0. The van der Waals surface area contributed by atoms with Gasteiger partial charge in [-0.25, -0.2) is 8.42 Å². The van der Waals surface area contributed by atoms with Crippen LogP contribution in [0.2, 0.25) is 0 Å². The summed E-state index contributed by atoms with van der Waals surface area (Å²) < 4.78 is 29.3. The molecule has 8 nitrogen and oxygen atoms in total. The second-order valence-electron chi connectivity index (χ2n) is 6.07. The predicted molar refractivity (Wildman–Crippen MR) is 107 cm³/mol. The van der Waals surface area contributed by atoms with Gasteiger partial charge < -0.3 is 15.4 Å². The Morgan fingerprint density at radius 3 is 2.63 bits per heavy atom. The zero-order chi connectivity index (χ0) is 19.5. The van der Waals surface area contributed by atoms with E-state index in [-0.39, 0.29) is 12.4 Å². The number of nitrogens with zero attached hydrogens (tertiary/aromatic N) is 3. The molecule has 0 spiro atoms. The molecule has 2 N–H and O–H groups in total. The molecule has 27 heavy (non-hydrogen) atoms. The first-order chi connectivity index (χ1) is 13.0. The van der Waals surface area contributed by atoms with Crippen molar-refractivity contribution >= 4 is 15.8 Å². The van der Waals surface area contributed by atoms with E-state index in [1.165, 1.54) is 17.4 Å². The number of aromatic nitrogens is 2. The van der Waals surface area contributed by atoms with E-state index in [0.29, 0.717) is 32.2 Å². The predicted octanol–water partition coefficient (Wildman–Crippen LogP) is 0.658. The van der Waals surface area contributed by atoms with Crippen LogP contribution in [0, 0.1) is 0 Å². The van der Waals surface area contributed by atoms with Crippen molar-refractivity contribution in [1.29, 1.82) is 0 Å². The van der Waals surface area contributed by atoms with E-state index in [1.54, 1.807) is 13.2 Å². The highest BCUT2D eigenvalue weighted by molar-refractivity contribution is 7.90. The fourth-order valence-electron chi connectivity index (χ4n) is 2.41. The van der Waals surface area contributed by atoms with Gasteiger partial charge in [0.1, 0.15) is 9.84 Å². The Morgan fingerprint density at radius 2 is 1.96 bits per heavy atom. The molecule has 1 heterocycles. The average Bonchev–Trinajstić information content (AvgIpc) is 3.14. The summed E-state index contributed by atoms with van der Waals surface area (Å²) in [7, 11) is -1.28. The van der Waals surface area contributed by atoms with Crippen molar-refractivity contribution in [2.45, 2.75) is 13.1 Å². The molecule has 0 amide bonds. The van der Waals surface area contributed by atoms with E-state index >= 15 is 0 Å². The van der Waals surface area contributed by atoms with Gasteiger partial charge in [-0.3, -0.25) is 9.67 Å². The molecule has 0 atom stereocenters.